The number of ether oxygens (including phenoxy) is 1. The third kappa shape index (κ3) is 3.70. The fourth-order valence-corrected chi connectivity index (χ4v) is 2.62. The molecule has 9 nitrogen and oxygen atoms in total. The molecule has 132 valence electrons. The summed E-state index contributed by atoms with van der Waals surface area (Å²) in [6.07, 6.45) is 0. The number of rotatable bonds is 6. The Morgan fingerprint density at radius 1 is 1.32 bits per heavy atom. The van der Waals surface area contributed by atoms with Gasteiger partial charge in [0.2, 0.25) is 17.7 Å². The highest BCUT2D eigenvalue weighted by atomic mass is 16.5. The van der Waals surface area contributed by atoms with Gasteiger partial charge in [0.1, 0.15) is 12.3 Å². The predicted molar refractivity (Wildman–Crippen MR) is 88.2 cm³/mol. The van der Waals surface area contributed by atoms with Crippen molar-refractivity contribution in [3.05, 3.63) is 36.0 Å². The quantitative estimate of drug-likeness (QED) is 0.836. The molecule has 0 atom stereocenters. The van der Waals surface area contributed by atoms with Crippen molar-refractivity contribution >= 4 is 17.6 Å². The summed E-state index contributed by atoms with van der Waals surface area (Å²) in [6.45, 7) is 2.74. The summed E-state index contributed by atoms with van der Waals surface area (Å²) in [7, 11) is 1.56. The monoisotopic (exact) mass is 345 g/mol. The van der Waals surface area contributed by atoms with E-state index in [0.717, 1.165) is 0 Å². The Hall–Kier alpha value is -3.10. The van der Waals surface area contributed by atoms with Crippen LogP contribution in [0, 0.1) is 6.92 Å². The van der Waals surface area contributed by atoms with Gasteiger partial charge in [-0.3, -0.25) is 9.69 Å². The van der Waals surface area contributed by atoms with Gasteiger partial charge in [-0.15, -0.1) is 10.2 Å². The molecule has 3 rings (SSSR count). The normalized spacial score (nSPS) is 14.1. The van der Waals surface area contributed by atoms with Crippen molar-refractivity contribution in [3.8, 4) is 5.75 Å². The molecule has 1 aliphatic heterocycles. The van der Waals surface area contributed by atoms with Gasteiger partial charge >= 0.3 is 6.03 Å². The van der Waals surface area contributed by atoms with Gasteiger partial charge in [-0.05, 0) is 12.1 Å². The molecule has 1 aromatic carbocycles. The van der Waals surface area contributed by atoms with Crippen LogP contribution in [-0.2, 0) is 11.3 Å². The number of carbonyl (C=O) groups excluding carboxylic acids is 2. The van der Waals surface area contributed by atoms with E-state index >= 15 is 0 Å². The number of para-hydroxylation sites is 2. The van der Waals surface area contributed by atoms with Crippen LogP contribution in [0.1, 0.15) is 11.8 Å². The van der Waals surface area contributed by atoms with Crippen LogP contribution >= 0.6 is 0 Å². The van der Waals surface area contributed by atoms with Gasteiger partial charge in [0.15, 0.2) is 0 Å². The van der Waals surface area contributed by atoms with Crippen molar-refractivity contribution in [1.29, 1.82) is 0 Å². The van der Waals surface area contributed by atoms with Crippen LogP contribution in [0.2, 0.25) is 0 Å². The minimum atomic E-state index is -0.286. The van der Waals surface area contributed by atoms with Crippen LogP contribution in [0.5, 0.6) is 5.75 Å². The summed E-state index contributed by atoms with van der Waals surface area (Å²) in [5.41, 5.74) is 0.694. The molecule has 2 heterocycles. The molecule has 1 fully saturated rings. The number of benzene rings is 1. The van der Waals surface area contributed by atoms with E-state index in [1.54, 1.807) is 25.0 Å². The van der Waals surface area contributed by atoms with Gasteiger partial charge in [0, 0.05) is 20.0 Å². The number of urea groups is 1. The van der Waals surface area contributed by atoms with Crippen LogP contribution in [0.15, 0.2) is 28.7 Å². The first kappa shape index (κ1) is 16.7. The van der Waals surface area contributed by atoms with Crippen molar-refractivity contribution in [3.63, 3.8) is 0 Å². The van der Waals surface area contributed by atoms with Crippen molar-refractivity contribution < 1.29 is 18.7 Å². The number of aromatic nitrogens is 2. The highest BCUT2D eigenvalue weighted by Crippen LogP contribution is 2.30. The SMILES string of the molecule is COc1ccccc1N1CCN(CC(=O)NCc2nnc(C)o2)C1=O. The number of anilines is 1. The molecule has 0 spiro atoms. The second-order valence-electron chi connectivity index (χ2n) is 5.52. The average Bonchev–Trinajstić information content (AvgIpc) is 3.19. The lowest BCUT2D eigenvalue weighted by Crippen LogP contribution is -2.39. The van der Waals surface area contributed by atoms with E-state index in [1.807, 2.05) is 18.2 Å². The van der Waals surface area contributed by atoms with Gasteiger partial charge in [-0.1, -0.05) is 12.1 Å². The summed E-state index contributed by atoms with van der Waals surface area (Å²) >= 11 is 0. The molecule has 0 radical (unpaired) electrons. The Balaban J connectivity index is 1.57. The Kier molecular flexibility index (Phi) is 4.82. The lowest BCUT2D eigenvalue weighted by molar-refractivity contribution is -0.121. The lowest BCUT2D eigenvalue weighted by atomic mass is 10.2. The molecular weight excluding hydrogens is 326 g/mol. The van der Waals surface area contributed by atoms with Gasteiger partial charge < -0.3 is 19.4 Å². The maximum absolute atomic E-state index is 12.6. The Morgan fingerprint density at radius 2 is 2.12 bits per heavy atom. The molecule has 0 unspecified atom stereocenters. The van der Waals surface area contributed by atoms with E-state index in [2.05, 4.69) is 15.5 Å². The first-order valence-corrected chi connectivity index (χ1v) is 7.83. The first-order valence-electron chi connectivity index (χ1n) is 7.83. The topological polar surface area (TPSA) is 101 Å². The molecule has 0 saturated carbocycles. The summed E-state index contributed by atoms with van der Waals surface area (Å²) in [5.74, 6) is 1.10. The lowest BCUT2D eigenvalue weighted by Gasteiger charge is -2.20. The molecule has 1 saturated heterocycles. The highest BCUT2D eigenvalue weighted by molar-refractivity contribution is 5.97. The Morgan fingerprint density at radius 3 is 2.84 bits per heavy atom. The van der Waals surface area contributed by atoms with Crippen molar-refractivity contribution in [2.75, 3.05) is 31.6 Å². The van der Waals surface area contributed by atoms with Gasteiger partial charge in [0.05, 0.1) is 19.3 Å². The molecule has 1 aliphatic rings. The summed E-state index contributed by atoms with van der Waals surface area (Å²) in [6, 6.07) is 7.07. The van der Waals surface area contributed by atoms with Gasteiger partial charge in [-0.2, -0.15) is 0 Å². The smallest absolute Gasteiger partial charge is 0.325 e. The standard InChI is InChI=1S/C16H19N5O4/c1-11-18-19-15(25-11)9-17-14(22)10-20-7-8-21(16(20)23)12-5-3-4-6-13(12)24-2/h3-6H,7-10H2,1-2H3,(H,17,22). The second kappa shape index (κ2) is 7.20. The van der Waals surface area contributed by atoms with Crippen LogP contribution in [0.3, 0.4) is 0 Å². The van der Waals surface area contributed by atoms with Crippen molar-refractivity contribution in [1.82, 2.24) is 20.4 Å². The number of carbonyl (C=O) groups is 2. The second-order valence-corrected chi connectivity index (χ2v) is 5.52. The Labute approximate surface area is 144 Å². The van der Waals surface area contributed by atoms with E-state index in [4.69, 9.17) is 9.15 Å². The number of nitrogens with one attached hydrogen (secondary N) is 1. The van der Waals surface area contributed by atoms with E-state index in [1.165, 1.54) is 4.90 Å². The highest BCUT2D eigenvalue weighted by Gasteiger charge is 2.32. The fourth-order valence-electron chi connectivity index (χ4n) is 2.62. The third-order valence-corrected chi connectivity index (χ3v) is 3.81. The summed E-state index contributed by atoms with van der Waals surface area (Å²) in [5, 5.41) is 10.2. The Bertz CT molecular complexity index is 775. The van der Waals surface area contributed by atoms with E-state index in [9.17, 15) is 9.59 Å². The van der Waals surface area contributed by atoms with Gasteiger partial charge in [-0.25, -0.2) is 4.79 Å². The zero-order chi connectivity index (χ0) is 17.8. The van der Waals surface area contributed by atoms with Crippen molar-refractivity contribution in [2.45, 2.75) is 13.5 Å². The van der Waals surface area contributed by atoms with E-state index in [-0.39, 0.29) is 25.0 Å². The first-order chi connectivity index (χ1) is 12.1. The van der Waals surface area contributed by atoms with E-state index < -0.39 is 0 Å². The predicted octanol–water partition coefficient (Wildman–Crippen LogP) is 0.945. The number of hydrogen-bond donors (Lipinski definition) is 1. The number of methoxy groups -OCH3 is 1. The molecule has 1 aromatic heterocycles. The number of nitrogens with zero attached hydrogens (tertiary/aromatic N) is 4. The summed E-state index contributed by atoms with van der Waals surface area (Å²) in [4.78, 5) is 27.7. The molecule has 0 bridgehead atoms. The molecule has 1 N–H and O–H groups in total. The minimum absolute atomic E-state index is 0.0302. The fraction of sp³-hybridized carbons (Fsp3) is 0.375. The molecule has 9 heteroatoms. The maximum atomic E-state index is 12.6. The number of hydrogen-bond acceptors (Lipinski definition) is 6. The van der Waals surface area contributed by atoms with Crippen molar-refractivity contribution in [2.24, 2.45) is 0 Å². The summed E-state index contributed by atoms with van der Waals surface area (Å²) < 4.78 is 10.5. The van der Waals surface area contributed by atoms with Gasteiger partial charge in [0.25, 0.3) is 0 Å². The molecule has 3 amide bonds. The van der Waals surface area contributed by atoms with E-state index in [0.29, 0.717) is 36.3 Å². The average molecular weight is 345 g/mol. The number of aryl methyl sites for hydroxylation is 1. The molecular formula is C16H19N5O4. The zero-order valence-electron chi connectivity index (χ0n) is 14.1. The largest absolute Gasteiger partial charge is 0.495 e. The van der Waals surface area contributed by atoms with Crippen LogP contribution < -0.4 is 15.0 Å². The van der Waals surface area contributed by atoms with Crippen LogP contribution in [0.4, 0.5) is 10.5 Å². The molecule has 0 aliphatic carbocycles. The minimum Gasteiger partial charge on any atom is -0.495 e. The molecule has 25 heavy (non-hydrogen) atoms. The van der Waals surface area contributed by atoms with Crippen LogP contribution in [0.25, 0.3) is 0 Å². The zero-order valence-corrected chi connectivity index (χ0v) is 14.1. The maximum Gasteiger partial charge on any atom is 0.325 e. The van der Waals surface area contributed by atoms with Crippen LogP contribution in [-0.4, -0.2) is 53.8 Å². The number of amides is 3. The molecule has 2 aromatic rings. The third-order valence-electron chi connectivity index (χ3n) is 3.81.